The summed E-state index contributed by atoms with van der Waals surface area (Å²) in [6.45, 7) is 0.591. The Kier molecular flexibility index (Phi) is 4.64. The molecule has 1 saturated heterocycles. The minimum atomic E-state index is -0.954. The summed E-state index contributed by atoms with van der Waals surface area (Å²) < 4.78 is 5.34. The van der Waals surface area contributed by atoms with E-state index in [1.165, 1.54) is 4.90 Å². The molecule has 0 aliphatic carbocycles. The van der Waals surface area contributed by atoms with E-state index in [1.54, 1.807) is 12.1 Å². The smallest absolute Gasteiger partial charge is 0.407 e. The van der Waals surface area contributed by atoms with Crippen molar-refractivity contribution in [1.29, 1.82) is 0 Å². The number of ether oxygens (including phenoxy) is 1. The van der Waals surface area contributed by atoms with Crippen molar-refractivity contribution in [3.05, 3.63) is 27.7 Å². The Hall–Kier alpha value is -1.57. The molecule has 1 aromatic rings. The van der Waals surface area contributed by atoms with Gasteiger partial charge < -0.3 is 14.7 Å². The maximum Gasteiger partial charge on any atom is 0.407 e. The molecule has 1 heterocycles. The molecule has 1 fully saturated rings. The van der Waals surface area contributed by atoms with E-state index in [4.69, 9.17) is 34.4 Å². The van der Waals surface area contributed by atoms with Crippen LogP contribution >= 0.6 is 23.2 Å². The zero-order valence-electron chi connectivity index (χ0n) is 10.6. The van der Waals surface area contributed by atoms with Crippen molar-refractivity contribution in [2.24, 2.45) is 0 Å². The minimum absolute atomic E-state index is 0.0914. The first-order valence-electron chi connectivity index (χ1n) is 6.09. The first-order valence-corrected chi connectivity index (χ1v) is 6.85. The van der Waals surface area contributed by atoms with Gasteiger partial charge in [-0.05, 0) is 30.5 Å². The van der Waals surface area contributed by atoms with Gasteiger partial charge in [0.05, 0.1) is 11.1 Å². The fraction of sp³-hybridized carbons (Fsp3) is 0.357. The highest BCUT2D eigenvalue weighted by atomic mass is 35.5. The zero-order valence-corrected chi connectivity index (χ0v) is 12.1. The zero-order chi connectivity index (χ0) is 14.7. The molecule has 0 aromatic heterocycles. The largest absolute Gasteiger partial charge is 0.479 e. The SMILES string of the molecule is C#CCOc1cc(C2CCCN2C(=O)O)c(Cl)cc1Cl. The van der Waals surface area contributed by atoms with Gasteiger partial charge in [0.15, 0.2) is 0 Å². The molecule has 1 aromatic carbocycles. The molecule has 1 N–H and O–H groups in total. The number of rotatable bonds is 3. The van der Waals surface area contributed by atoms with Crippen molar-refractivity contribution in [2.75, 3.05) is 13.2 Å². The molecule has 0 saturated carbocycles. The molecule has 2 rings (SSSR count). The fourth-order valence-electron chi connectivity index (χ4n) is 2.35. The molecule has 0 radical (unpaired) electrons. The Morgan fingerprint density at radius 3 is 2.90 bits per heavy atom. The van der Waals surface area contributed by atoms with Crippen LogP contribution in [0.4, 0.5) is 4.79 Å². The van der Waals surface area contributed by atoms with Gasteiger partial charge in [-0.25, -0.2) is 4.79 Å². The molecule has 0 spiro atoms. The lowest BCUT2D eigenvalue weighted by atomic mass is 10.0. The topological polar surface area (TPSA) is 49.8 Å². The van der Waals surface area contributed by atoms with Crippen LogP contribution in [0, 0.1) is 12.3 Å². The highest BCUT2D eigenvalue weighted by Crippen LogP contribution is 2.40. The molecule has 6 heteroatoms. The van der Waals surface area contributed by atoms with Crippen molar-refractivity contribution in [2.45, 2.75) is 18.9 Å². The van der Waals surface area contributed by atoms with Crippen molar-refractivity contribution >= 4 is 29.3 Å². The highest BCUT2D eigenvalue weighted by Gasteiger charge is 2.31. The van der Waals surface area contributed by atoms with Gasteiger partial charge in [0, 0.05) is 11.6 Å². The summed E-state index contributed by atoms with van der Waals surface area (Å²) in [5, 5.41) is 9.99. The predicted octanol–water partition coefficient (Wildman–Crippen LogP) is 3.82. The van der Waals surface area contributed by atoms with Gasteiger partial charge in [-0.15, -0.1) is 6.42 Å². The minimum Gasteiger partial charge on any atom is -0.479 e. The maximum absolute atomic E-state index is 11.2. The van der Waals surface area contributed by atoms with Crippen molar-refractivity contribution in [1.82, 2.24) is 4.90 Å². The van der Waals surface area contributed by atoms with Crippen LogP contribution in [-0.2, 0) is 0 Å². The number of carboxylic acid groups (broad SMARTS) is 1. The Morgan fingerprint density at radius 1 is 1.50 bits per heavy atom. The number of hydrogen-bond acceptors (Lipinski definition) is 2. The monoisotopic (exact) mass is 313 g/mol. The van der Waals surface area contributed by atoms with Crippen LogP contribution in [0.25, 0.3) is 0 Å². The molecule has 1 unspecified atom stereocenters. The lowest BCUT2D eigenvalue weighted by Gasteiger charge is -2.23. The molecular weight excluding hydrogens is 301 g/mol. The molecule has 1 aliphatic rings. The second-order valence-electron chi connectivity index (χ2n) is 4.43. The number of nitrogens with zero attached hydrogens (tertiary/aromatic N) is 1. The summed E-state index contributed by atoms with van der Waals surface area (Å²) >= 11 is 12.2. The van der Waals surface area contributed by atoms with E-state index in [2.05, 4.69) is 5.92 Å². The summed E-state index contributed by atoms with van der Waals surface area (Å²) in [6.07, 6.45) is 5.72. The van der Waals surface area contributed by atoms with E-state index in [0.29, 0.717) is 27.9 Å². The average molecular weight is 314 g/mol. The van der Waals surface area contributed by atoms with Gasteiger partial charge >= 0.3 is 6.09 Å². The Labute approximate surface area is 127 Å². The molecule has 1 aliphatic heterocycles. The van der Waals surface area contributed by atoms with E-state index < -0.39 is 6.09 Å². The van der Waals surface area contributed by atoms with Crippen LogP contribution in [0.15, 0.2) is 12.1 Å². The van der Waals surface area contributed by atoms with Gasteiger partial charge in [0.25, 0.3) is 0 Å². The Balaban J connectivity index is 2.35. The summed E-state index contributed by atoms with van der Waals surface area (Å²) in [4.78, 5) is 12.6. The normalized spacial score (nSPS) is 17.9. The highest BCUT2D eigenvalue weighted by molar-refractivity contribution is 6.36. The second-order valence-corrected chi connectivity index (χ2v) is 5.25. The third-order valence-electron chi connectivity index (χ3n) is 3.22. The molecule has 4 nitrogen and oxygen atoms in total. The van der Waals surface area contributed by atoms with Crippen molar-refractivity contribution in [3.63, 3.8) is 0 Å². The summed E-state index contributed by atoms with van der Waals surface area (Å²) in [5.74, 6) is 2.77. The van der Waals surface area contributed by atoms with Crippen molar-refractivity contribution in [3.8, 4) is 18.1 Å². The molecule has 1 atom stereocenters. The van der Waals surface area contributed by atoms with Gasteiger partial charge in [0.2, 0.25) is 0 Å². The summed E-state index contributed by atoms with van der Waals surface area (Å²) in [7, 11) is 0. The first-order chi connectivity index (χ1) is 9.54. The van der Waals surface area contributed by atoms with E-state index in [0.717, 1.165) is 12.8 Å². The number of carbonyl (C=O) groups is 1. The molecule has 106 valence electrons. The third-order valence-corrected chi connectivity index (χ3v) is 3.84. The number of hydrogen-bond donors (Lipinski definition) is 1. The van der Waals surface area contributed by atoms with Crippen LogP contribution in [0.2, 0.25) is 10.0 Å². The Bertz CT molecular complexity index is 568. The first kappa shape index (κ1) is 14.8. The Morgan fingerprint density at radius 2 is 2.25 bits per heavy atom. The number of amides is 1. The third kappa shape index (κ3) is 2.95. The maximum atomic E-state index is 11.2. The van der Waals surface area contributed by atoms with Crippen molar-refractivity contribution < 1.29 is 14.6 Å². The lowest BCUT2D eigenvalue weighted by molar-refractivity contribution is 0.140. The van der Waals surface area contributed by atoms with Crippen LogP contribution in [-0.4, -0.2) is 29.3 Å². The van der Waals surface area contributed by atoms with Crippen LogP contribution in [0.3, 0.4) is 0 Å². The molecule has 0 bridgehead atoms. The number of halogens is 2. The quantitative estimate of drug-likeness (QED) is 0.863. The van der Waals surface area contributed by atoms with E-state index >= 15 is 0 Å². The van der Waals surface area contributed by atoms with E-state index in [9.17, 15) is 9.90 Å². The number of terminal acetylenes is 1. The lowest BCUT2D eigenvalue weighted by Crippen LogP contribution is -2.28. The van der Waals surface area contributed by atoms with E-state index in [-0.39, 0.29) is 12.6 Å². The molecule has 1 amide bonds. The van der Waals surface area contributed by atoms with Crippen LogP contribution < -0.4 is 4.74 Å². The molecular formula is C14H13Cl2NO3. The van der Waals surface area contributed by atoms with Gasteiger partial charge in [0.1, 0.15) is 12.4 Å². The van der Waals surface area contributed by atoms with Gasteiger partial charge in [-0.2, -0.15) is 0 Å². The van der Waals surface area contributed by atoms with Crippen LogP contribution in [0.1, 0.15) is 24.4 Å². The second kappa shape index (κ2) is 6.25. The van der Waals surface area contributed by atoms with Crippen LogP contribution in [0.5, 0.6) is 5.75 Å². The summed E-state index contributed by atoms with van der Waals surface area (Å²) in [5.41, 5.74) is 0.697. The van der Waals surface area contributed by atoms with E-state index in [1.807, 2.05) is 0 Å². The molecule has 20 heavy (non-hydrogen) atoms. The fourth-order valence-corrected chi connectivity index (χ4v) is 2.91. The number of benzene rings is 1. The predicted molar refractivity (Wildman–Crippen MR) is 77.5 cm³/mol. The average Bonchev–Trinajstić information content (AvgIpc) is 2.87. The van der Waals surface area contributed by atoms with Gasteiger partial charge in [-0.3, -0.25) is 0 Å². The standard InChI is InChI=1S/C14H13Cl2NO3/c1-2-6-20-13-7-9(10(15)8-11(13)16)12-4-3-5-17(12)14(18)19/h1,7-8,12H,3-6H2,(H,18,19). The summed E-state index contributed by atoms with van der Waals surface area (Å²) in [6, 6.07) is 2.96. The van der Waals surface area contributed by atoms with Gasteiger partial charge in [-0.1, -0.05) is 29.1 Å². The number of likely N-dealkylation sites (tertiary alicyclic amines) is 1.